The summed E-state index contributed by atoms with van der Waals surface area (Å²) in [5.41, 5.74) is 1.99. The summed E-state index contributed by atoms with van der Waals surface area (Å²) >= 11 is 0. The van der Waals surface area contributed by atoms with Gasteiger partial charge in [0.2, 0.25) is 6.79 Å². The predicted octanol–water partition coefficient (Wildman–Crippen LogP) is 2.66. The van der Waals surface area contributed by atoms with Gasteiger partial charge in [-0.1, -0.05) is 30.3 Å². The average molecular weight is 517 g/mol. The first-order valence-electron chi connectivity index (χ1n) is 12.8. The Balaban J connectivity index is 1.40. The summed E-state index contributed by atoms with van der Waals surface area (Å²) < 4.78 is 18.0. The quantitative estimate of drug-likeness (QED) is 0.369. The molecule has 1 fully saturated rings. The van der Waals surface area contributed by atoms with E-state index in [0.29, 0.717) is 67.5 Å². The second-order valence-electron chi connectivity index (χ2n) is 9.49. The molecule has 38 heavy (non-hydrogen) atoms. The van der Waals surface area contributed by atoms with Gasteiger partial charge in [0.1, 0.15) is 6.04 Å². The average Bonchev–Trinajstić information content (AvgIpc) is 3.58. The SMILES string of the molecule is CCOC(=O)C1CCN(C(c2cc3cc4c(cc3[nH]c2=O)OCO4)c2nnnn2Cc2ccccc2)CC1. The number of carbonyl (C=O) groups excluding carboxylic acids is 1. The van der Waals surface area contributed by atoms with E-state index in [9.17, 15) is 9.59 Å². The van der Waals surface area contributed by atoms with E-state index in [0.717, 1.165) is 10.9 Å². The van der Waals surface area contributed by atoms with E-state index in [-0.39, 0.29) is 24.2 Å². The van der Waals surface area contributed by atoms with E-state index in [1.54, 1.807) is 10.7 Å². The largest absolute Gasteiger partial charge is 0.466 e. The van der Waals surface area contributed by atoms with Crippen molar-refractivity contribution in [3.05, 3.63) is 75.8 Å². The summed E-state index contributed by atoms with van der Waals surface area (Å²) in [4.78, 5) is 31.1. The summed E-state index contributed by atoms with van der Waals surface area (Å²) in [6.07, 6.45) is 1.25. The van der Waals surface area contributed by atoms with Crippen molar-refractivity contribution >= 4 is 16.9 Å². The number of likely N-dealkylation sites (tertiary alicyclic amines) is 1. The molecule has 0 saturated carbocycles. The lowest BCUT2D eigenvalue weighted by Gasteiger charge is -2.36. The van der Waals surface area contributed by atoms with Gasteiger partial charge in [0.15, 0.2) is 17.3 Å². The van der Waals surface area contributed by atoms with E-state index < -0.39 is 6.04 Å². The van der Waals surface area contributed by atoms with Gasteiger partial charge in [-0.15, -0.1) is 5.10 Å². The number of nitrogens with zero attached hydrogens (tertiary/aromatic N) is 5. The molecule has 2 aromatic carbocycles. The molecule has 11 nitrogen and oxygen atoms in total. The first kappa shape index (κ1) is 24.1. The molecule has 1 saturated heterocycles. The van der Waals surface area contributed by atoms with Gasteiger partial charge in [-0.2, -0.15) is 0 Å². The van der Waals surface area contributed by atoms with Gasteiger partial charge >= 0.3 is 5.97 Å². The molecule has 0 aliphatic carbocycles. The first-order valence-corrected chi connectivity index (χ1v) is 12.8. The Bertz CT molecular complexity index is 1510. The number of hydrogen-bond donors (Lipinski definition) is 1. The molecule has 1 unspecified atom stereocenters. The fraction of sp³-hybridized carbons (Fsp3) is 0.370. The van der Waals surface area contributed by atoms with Crippen LogP contribution in [0.2, 0.25) is 0 Å². The summed E-state index contributed by atoms with van der Waals surface area (Å²) in [5, 5.41) is 13.5. The lowest BCUT2D eigenvalue weighted by atomic mass is 9.94. The first-order chi connectivity index (χ1) is 18.6. The lowest BCUT2D eigenvalue weighted by Crippen LogP contribution is -2.42. The molecule has 11 heteroatoms. The Labute approximate surface area is 218 Å². The third kappa shape index (κ3) is 4.60. The van der Waals surface area contributed by atoms with Crippen LogP contribution in [0.25, 0.3) is 10.9 Å². The number of carbonyl (C=O) groups is 1. The maximum Gasteiger partial charge on any atom is 0.309 e. The molecule has 0 amide bonds. The van der Waals surface area contributed by atoms with Crippen LogP contribution in [-0.4, -0.2) is 62.5 Å². The second-order valence-corrected chi connectivity index (χ2v) is 9.49. The minimum Gasteiger partial charge on any atom is -0.466 e. The maximum absolute atomic E-state index is 13.5. The molecule has 6 rings (SSSR count). The van der Waals surface area contributed by atoms with Gasteiger partial charge in [0.05, 0.1) is 24.6 Å². The summed E-state index contributed by atoms with van der Waals surface area (Å²) in [6.45, 7) is 3.96. The zero-order valence-electron chi connectivity index (χ0n) is 21.0. The fourth-order valence-electron chi connectivity index (χ4n) is 5.24. The van der Waals surface area contributed by atoms with E-state index in [2.05, 4.69) is 25.4 Å². The van der Waals surface area contributed by atoms with Crippen LogP contribution in [0.15, 0.2) is 53.3 Å². The van der Waals surface area contributed by atoms with Crippen LogP contribution in [-0.2, 0) is 16.1 Å². The van der Waals surface area contributed by atoms with Crippen molar-refractivity contribution in [3.8, 4) is 11.5 Å². The topological polar surface area (TPSA) is 124 Å². The smallest absolute Gasteiger partial charge is 0.309 e. The Morgan fingerprint density at radius 1 is 1.13 bits per heavy atom. The molecule has 1 N–H and O–H groups in total. The number of aromatic nitrogens is 5. The number of hydrogen-bond acceptors (Lipinski definition) is 9. The van der Waals surface area contributed by atoms with Crippen molar-refractivity contribution in [1.29, 1.82) is 0 Å². The summed E-state index contributed by atoms with van der Waals surface area (Å²) in [5.74, 6) is 1.47. The van der Waals surface area contributed by atoms with Crippen LogP contribution in [0.5, 0.6) is 11.5 Å². The molecular formula is C27H28N6O5. The van der Waals surface area contributed by atoms with Crippen LogP contribution in [0, 0.1) is 5.92 Å². The molecular weight excluding hydrogens is 488 g/mol. The molecule has 4 aromatic rings. The Hall–Kier alpha value is -4.25. The second kappa shape index (κ2) is 10.3. The number of H-pyrrole nitrogens is 1. The van der Waals surface area contributed by atoms with Crippen molar-refractivity contribution in [3.63, 3.8) is 0 Å². The van der Waals surface area contributed by atoms with Crippen molar-refractivity contribution in [2.24, 2.45) is 5.92 Å². The normalized spacial score (nSPS) is 16.6. The third-order valence-corrected chi connectivity index (χ3v) is 7.15. The van der Waals surface area contributed by atoms with E-state index in [4.69, 9.17) is 14.2 Å². The number of pyridine rings is 1. The Morgan fingerprint density at radius 2 is 1.89 bits per heavy atom. The molecule has 2 aliphatic heterocycles. The number of nitrogens with one attached hydrogen (secondary N) is 1. The van der Waals surface area contributed by atoms with Crippen molar-refractivity contribution in [2.75, 3.05) is 26.5 Å². The molecule has 0 bridgehead atoms. The monoisotopic (exact) mass is 516 g/mol. The molecule has 196 valence electrons. The Morgan fingerprint density at radius 3 is 2.66 bits per heavy atom. The highest BCUT2D eigenvalue weighted by Crippen LogP contribution is 2.37. The van der Waals surface area contributed by atoms with Crippen LogP contribution in [0.3, 0.4) is 0 Å². The number of fused-ring (bicyclic) bond motifs is 2. The molecule has 4 heterocycles. The zero-order valence-corrected chi connectivity index (χ0v) is 21.0. The summed E-state index contributed by atoms with van der Waals surface area (Å²) in [7, 11) is 0. The zero-order chi connectivity index (χ0) is 26.1. The number of esters is 1. The standard InChI is InChI=1S/C27H28N6O5/c1-2-36-27(35)18-8-10-32(11-9-18)24(25-29-30-31-33(25)15-17-6-4-3-5-7-17)20-12-19-13-22-23(38-16-37-22)14-21(19)28-26(20)34/h3-7,12-14,18,24H,2,8-11,15-16H2,1H3,(H,28,34). The van der Waals surface area contributed by atoms with Crippen LogP contribution < -0.4 is 15.0 Å². The highest BCUT2D eigenvalue weighted by Gasteiger charge is 2.35. The summed E-state index contributed by atoms with van der Waals surface area (Å²) in [6, 6.07) is 14.9. The number of ether oxygens (including phenoxy) is 3. The van der Waals surface area contributed by atoms with Gasteiger partial charge in [0, 0.05) is 30.1 Å². The molecule has 2 aromatic heterocycles. The van der Waals surface area contributed by atoms with Gasteiger partial charge in [0.25, 0.3) is 5.56 Å². The molecule has 2 aliphatic rings. The van der Waals surface area contributed by atoms with Gasteiger partial charge in [-0.05, 0) is 47.9 Å². The minimum atomic E-state index is -0.518. The van der Waals surface area contributed by atoms with Crippen LogP contribution >= 0.6 is 0 Å². The predicted molar refractivity (Wildman–Crippen MR) is 137 cm³/mol. The number of benzene rings is 2. The van der Waals surface area contributed by atoms with E-state index in [1.807, 2.05) is 49.4 Å². The Kier molecular flexibility index (Phi) is 6.50. The van der Waals surface area contributed by atoms with Gasteiger partial charge in [-0.3, -0.25) is 14.5 Å². The molecule has 0 radical (unpaired) electrons. The van der Waals surface area contributed by atoms with Crippen molar-refractivity contribution in [2.45, 2.75) is 32.4 Å². The number of tetrazole rings is 1. The molecule has 1 atom stereocenters. The number of rotatable bonds is 7. The van der Waals surface area contributed by atoms with Crippen molar-refractivity contribution in [1.82, 2.24) is 30.1 Å². The number of piperidine rings is 1. The van der Waals surface area contributed by atoms with Gasteiger partial charge < -0.3 is 19.2 Å². The molecule has 0 spiro atoms. The number of aromatic amines is 1. The highest BCUT2D eigenvalue weighted by atomic mass is 16.7. The lowest BCUT2D eigenvalue weighted by molar-refractivity contribution is -0.149. The fourth-order valence-corrected chi connectivity index (χ4v) is 5.24. The van der Waals surface area contributed by atoms with E-state index >= 15 is 0 Å². The van der Waals surface area contributed by atoms with Crippen LogP contribution in [0.4, 0.5) is 0 Å². The highest BCUT2D eigenvalue weighted by molar-refractivity contribution is 5.83. The van der Waals surface area contributed by atoms with Gasteiger partial charge in [-0.25, -0.2) is 4.68 Å². The van der Waals surface area contributed by atoms with Crippen molar-refractivity contribution < 1.29 is 19.0 Å². The van der Waals surface area contributed by atoms with E-state index in [1.165, 1.54) is 0 Å². The minimum absolute atomic E-state index is 0.148. The maximum atomic E-state index is 13.5. The third-order valence-electron chi connectivity index (χ3n) is 7.15. The van der Waals surface area contributed by atoms with Crippen LogP contribution in [0.1, 0.15) is 42.8 Å².